The van der Waals surface area contributed by atoms with E-state index >= 15 is 0 Å². The summed E-state index contributed by atoms with van der Waals surface area (Å²) in [5.74, 6) is 0. The van der Waals surface area contributed by atoms with Crippen LogP contribution in [-0.2, 0) is 4.74 Å². The molecule has 0 bridgehead atoms. The monoisotopic (exact) mass is 280 g/mol. The Labute approximate surface area is 112 Å². The molecule has 0 amide bonds. The second-order valence-electron chi connectivity index (χ2n) is 6.42. The Morgan fingerprint density at radius 2 is 1.74 bits per heavy atom. The summed E-state index contributed by atoms with van der Waals surface area (Å²) in [6.07, 6.45) is -2.05. The predicted molar refractivity (Wildman–Crippen MR) is 66.6 cm³/mol. The topological polar surface area (TPSA) is 15.7 Å². The smallest absolute Gasteiger partial charge is 0.371 e. The van der Waals surface area contributed by atoms with Crippen molar-refractivity contribution < 1.29 is 17.9 Å². The van der Waals surface area contributed by atoms with Crippen molar-refractivity contribution in [2.45, 2.75) is 64.0 Å². The highest BCUT2D eigenvalue weighted by Crippen LogP contribution is 2.35. The summed E-state index contributed by atoms with van der Waals surface area (Å²) in [5, 5.41) is 3.31. The summed E-state index contributed by atoms with van der Waals surface area (Å²) < 4.78 is 44.2. The molecule has 0 aromatic carbocycles. The van der Waals surface area contributed by atoms with Gasteiger partial charge in [-0.05, 0) is 40.0 Å². The van der Waals surface area contributed by atoms with Gasteiger partial charge in [0.25, 0.3) is 0 Å². The minimum Gasteiger partial charge on any atom is -0.371 e. The molecule has 0 aromatic heterocycles. The standard InChI is InChI=1S/C13H23F3N2O/c1-12(2,3)19-10-5-4-7-17(9-10)18-8-6-11(18)13(14,15)16/h10-11H,4-9H2,1-3H3. The third kappa shape index (κ3) is 3.83. The third-order valence-corrected chi connectivity index (χ3v) is 3.61. The van der Waals surface area contributed by atoms with Gasteiger partial charge < -0.3 is 4.74 Å². The lowest BCUT2D eigenvalue weighted by atomic mass is 10.0. The van der Waals surface area contributed by atoms with Crippen molar-refractivity contribution in [2.75, 3.05) is 19.6 Å². The fraction of sp³-hybridized carbons (Fsp3) is 1.00. The lowest BCUT2D eigenvalue weighted by molar-refractivity contribution is -0.269. The van der Waals surface area contributed by atoms with E-state index in [0.29, 0.717) is 19.6 Å². The molecule has 0 saturated carbocycles. The van der Waals surface area contributed by atoms with Crippen LogP contribution in [0.4, 0.5) is 13.2 Å². The molecule has 3 nitrogen and oxygen atoms in total. The SMILES string of the molecule is CC(C)(C)OC1CCCN(N2CCC2C(F)(F)F)C1. The first-order chi connectivity index (χ1) is 8.67. The van der Waals surface area contributed by atoms with Crippen molar-refractivity contribution in [3.05, 3.63) is 0 Å². The average molecular weight is 280 g/mol. The van der Waals surface area contributed by atoms with Gasteiger partial charge >= 0.3 is 6.18 Å². The number of rotatable bonds is 2. The molecule has 2 fully saturated rings. The Balaban J connectivity index is 1.91. The van der Waals surface area contributed by atoms with Crippen molar-refractivity contribution >= 4 is 0 Å². The Kier molecular flexibility index (Phi) is 4.14. The van der Waals surface area contributed by atoms with E-state index < -0.39 is 12.2 Å². The summed E-state index contributed by atoms with van der Waals surface area (Å²) >= 11 is 0. The molecule has 0 N–H and O–H groups in total. The van der Waals surface area contributed by atoms with Crippen molar-refractivity contribution in [3.63, 3.8) is 0 Å². The van der Waals surface area contributed by atoms with Gasteiger partial charge in [-0.25, -0.2) is 10.0 Å². The number of hydrazine groups is 1. The molecule has 2 atom stereocenters. The maximum Gasteiger partial charge on any atom is 0.405 e. The van der Waals surface area contributed by atoms with E-state index in [0.717, 1.165) is 12.8 Å². The maximum absolute atomic E-state index is 12.8. The summed E-state index contributed by atoms with van der Waals surface area (Å²) in [6.45, 7) is 7.73. The predicted octanol–water partition coefficient (Wildman–Crippen LogP) is 2.82. The van der Waals surface area contributed by atoms with Crippen molar-refractivity contribution in [2.24, 2.45) is 0 Å². The minimum atomic E-state index is -4.12. The molecular weight excluding hydrogens is 257 g/mol. The largest absolute Gasteiger partial charge is 0.405 e. The molecule has 0 spiro atoms. The number of halogens is 3. The van der Waals surface area contributed by atoms with Gasteiger partial charge in [0.05, 0.1) is 11.7 Å². The van der Waals surface area contributed by atoms with Gasteiger partial charge in [-0.3, -0.25) is 0 Å². The third-order valence-electron chi connectivity index (χ3n) is 3.61. The highest BCUT2D eigenvalue weighted by molar-refractivity contribution is 4.89. The van der Waals surface area contributed by atoms with Crippen molar-refractivity contribution in [1.29, 1.82) is 0 Å². The van der Waals surface area contributed by atoms with Crippen LogP contribution >= 0.6 is 0 Å². The Morgan fingerprint density at radius 3 is 2.21 bits per heavy atom. The molecule has 2 rings (SSSR count). The lowest BCUT2D eigenvalue weighted by Gasteiger charge is -2.50. The molecule has 2 aliphatic rings. The zero-order valence-corrected chi connectivity index (χ0v) is 11.8. The summed E-state index contributed by atoms with van der Waals surface area (Å²) in [7, 11) is 0. The summed E-state index contributed by atoms with van der Waals surface area (Å²) in [6, 6.07) is -1.29. The molecular formula is C13H23F3N2O. The van der Waals surface area contributed by atoms with Crippen LogP contribution in [0.15, 0.2) is 0 Å². The number of nitrogens with zero attached hydrogens (tertiary/aromatic N) is 2. The number of alkyl halides is 3. The van der Waals surface area contributed by atoms with Gasteiger partial charge in [-0.1, -0.05) is 0 Å². The molecule has 6 heteroatoms. The van der Waals surface area contributed by atoms with Crippen LogP contribution in [0.1, 0.15) is 40.0 Å². The van der Waals surface area contributed by atoms with Gasteiger partial charge in [-0.2, -0.15) is 13.2 Å². The Morgan fingerprint density at radius 1 is 1.05 bits per heavy atom. The highest BCUT2D eigenvalue weighted by atomic mass is 19.4. The Bertz CT molecular complexity index is 314. The van der Waals surface area contributed by atoms with Crippen LogP contribution in [0, 0.1) is 0 Å². The summed E-state index contributed by atoms with van der Waals surface area (Å²) in [4.78, 5) is 0. The molecule has 2 saturated heterocycles. The minimum absolute atomic E-state index is 0.0308. The van der Waals surface area contributed by atoms with E-state index in [1.165, 1.54) is 5.01 Å². The fourth-order valence-electron chi connectivity index (χ4n) is 2.79. The van der Waals surface area contributed by atoms with Gasteiger partial charge in [0.15, 0.2) is 0 Å². The van der Waals surface area contributed by atoms with Crippen LogP contribution in [0.3, 0.4) is 0 Å². The first-order valence-electron chi connectivity index (χ1n) is 6.93. The van der Waals surface area contributed by atoms with E-state index in [1.807, 2.05) is 25.8 Å². The second-order valence-corrected chi connectivity index (χ2v) is 6.42. The number of hydrogen-bond donors (Lipinski definition) is 0. The number of hydrogen-bond acceptors (Lipinski definition) is 3. The van der Waals surface area contributed by atoms with Crippen LogP contribution in [0.25, 0.3) is 0 Å². The van der Waals surface area contributed by atoms with Gasteiger partial charge in [0, 0.05) is 19.6 Å². The van der Waals surface area contributed by atoms with E-state index in [9.17, 15) is 13.2 Å². The zero-order chi connectivity index (χ0) is 14.3. The van der Waals surface area contributed by atoms with E-state index in [-0.39, 0.29) is 18.1 Å². The second kappa shape index (κ2) is 5.22. The summed E-state index contributed by atoms with van der Waals surface area (Å²) in [5.41, 5.74) is -0.244. The molecule has 2 heterocycles. The van der Waals surface area contributed by atoms with E-state index in [4.69, 9.17) is 4.74 Å². The average Bonchev–Trinajstić information content (AvgIpc) is 2.09. The van der Waals surface area contributed by atoms with Crippen LogP contribution in [0.5, 0.6) is 0 Å². The van der Waals surface area contributed by atoms with E-state index in [1.54, 1.807) is 0 Å². The molecule has 19 heavy (non-hydrogen) atoms. The van der Waals surface area contributed by atoms with Crippen LogP contribution in [-0.4, -0.2) is 53.6 Å². The van der Waals surface area contributed by atoms with Gasteiger partial charge in [-0.15, -0.1) is 0 Å². The molecule has 0 aliphatic carbocycles. The lowest BCUT2D eigenvalue weighted by Crippen LogP contribution is -2.65. The first kappa shape index (κ1) is 15.1. The van der Waals surface area contributed by atoms with Crippen molar-refractivity contribution in [1.82, 2.24) is 10.0 Å². The maximum atomic E-state index is 12.8. The van der Waals surface area contributed by atoms with Gasteiger partial charge in [0.1, 0.15) is 6.04 Å². The van der Waals surface area contributed by atoms with Crippen molar-refractivity contribution in [3.8, 4) is 0 Å². The highest BCUT2D eigenvalue weighted by Gasteiger charge is 2.51. The molecule has 0 radical (unpaired) electrons. The first-order valence-corrected chi connectivity index (χ1v) is 6.93. The quantitative estimate of drug-likeness (QED) is 0.773. The normalized spacial score (nSPS) is 31.3. The van der Waals surface area contributed by atoms with E-state index in [2.05, 4.69) is 0 Å². The molecule has 0 aromatic rings. The fourth-order valence-corrected chi connectivity index (χ4v) is 2.79. The van der Waals surface area contributed by atoms with Crippen LogP contribution < -0.4 is 0 Å². The zero-order valence-electron chi connectivity index (χ0n) is 11.8. The Hall–Kier alpha value is -0.330. The number of piperidine rings is 1. The number of ether oxygens (including phenoxy) is 1. The molecule has 2 aliphatic heterocycles. The van der Waals surface area contributed by atoms with Gasteiger partial charge in [0.2, 0.25) is 0 Å². The molecule has 112 valence electrons. The molecule has 2 unspecified atom stereocenters. The van der Waals surface area contributed by atoms with Crippen LogP contribution in [0.2, 0.25) is 0 Å².